The van der Waals surface area contributed by atoms with E-state index in [1.54, 1.807) is 24.3 Å². The molecule has 1 aliphatic rings. The van der Waals surface area contributed by atoms with E-state index in [9.17, 15) is 14.4 Å². The summed E-state index contributed by atoms with van der Waals surface area (Å²) in [5, 5.41) is 8.59. The van der Waals surface area contributed by atoms with Crippen molar-refractivity contribution in [3.8, 4) is 0 Å². The average Bonchev–Trinajstić information content (AvgIpc) is 3.07. The molecule has 8 heteroatoms. The molecule has 2 aromatic heterocycles. The van der Waals surface area contributed by atoms with Crippen molar-refractivity contribution in [3.05, 3.63) is 56.3 Å². The van der Waals surface area contributed by atoms with Crippen LogP contribution in [-0.2, 0) is 19.4 Å². The number of nitrogens with two attached hydrogens (primary N) is 1. The van der Waals surface area contributed by atoms with Crippen LogP contribution in [0.1, 0.15) is 58.0 Å². The van der Waals surface area contributed by atoms with Crippen molar-refractivity contribution in [2.45, 2.75) is 46.1 Å². The van der Waals surface area contributed by atoms with Gasteiger partial charge in [0.25, 0.3) is 17.4 Å². The maximum atomic E-state index is 13.2. The smallest absolute Gasteiger partial charge is 0.277 e. The van der Waals surface area contributed by atoms with Crippen LogP contribution < -0.4 is 16.6 Å². The fourth-order valence-corrected chi connectivity index (χ4v) is 5.44. The summed E-state index contributed by atoms with van der Waals surface area (Å²) in [6.45, 7) is 4.54. The lowest BCUT2D eigenvalue weighted by molar-refractivity contribution is 0.1000. The van der Waals surface area contributed by atoms with Gasteiger partial charge in [0.05, 0.1) is 10.9 Å². The molecule has 1 atom stereocenters. The van der Waals surface area contributed by atoms with Crippen LogP contribution in [0.4, 0.5) is 5.00 Å². The molecular weight excluding hydrogens is 400 g/mol. The number of nitrogens with one attached hydrogen (secondary N) is 1. The number of rotatable bonds is 5. The first kappa shape index (κ1) is 20.3. The highest BCUT2D eigenvalue weighted by atomic mass is 32.1. The van der Waals surface area contributed by atoms with E-state index in [4.69, 9.17) is 5.73 Å². The lowest BCUT2D eigenvalue weighted by Gasteiger charge is -2.18. The highest BCUT2D eigenvalue weighted by molar-refractivity contribution is 7.17. The fraction of sp³-hybridized carbons (Fsp3) is 0.364. The lowest BCUT2D eigenvalue weighted by Crippen LogP contribution is -2.28. The number of hydrogen-bond donors (Lipinski definition) is 2. The van der Waals surface area contributed by atoms with Gasteiger partial charge in [0.1, 0.15) is 5.00 Å². The van der Waals surface area contributed by atoms with Crippen LogP contribution in [-0.4, -0.2) is 21.6 Å². The Bertz CT molecular complexity index is 1210. The second-order valence-electron chi connectivity index (χ2n) is 7.80. The van der Waals surface area contributed by atoms with Crippen molar-refractivity contribution in [2.75, 3.05) is 5.32 Å². The van der Waals surface area contributed by atoms with Gasteiger partial charge >= 0.3 is 0 Å². The Labute approximate surface area is 177 Å². The van der Waals surface area contributed by atoms with Crippen LogP contribution in [0.3, 0.4) is 0 Å². The highest BCUT2D eigenvalue weighted by Crippen LogP contribution is 2.39. The largest absolute Gasteiger partial charge is 0.365 e. The Kier molecular flexibility index (Phi) is 5.42. The number of fused-ring (bicyclic) bond motifs is 2. The van der Waals surface area contributed by atoms with Gasteiger partial charge in [0, 0.05) is 16.8 Å². The molecule has 2 amide bonds. The summed E-state index contributed by atoms with van der Waals surface area (Å²) in [4.78, 5) is 39.2. The van der Waals surface area contributed by atoms with Gasteiger partial charge in [-0.3, -0.25) is 14.4 Å². The third-order valence-corrected chi connectivity index (χ3v) is 6.67. The number of aromatic nitrogens is 2. The van der Waals surface area contributed by atoms with E-state index in [0.29, 0.717) is 40.2 Å². The van der Waals surface area contributed by atoms with Gasteiger partial charge in [-0.15, -0.1) is 11.3 Å². The van der Waals surface area contributed by atoms with Crippen molar-refractivity contribution < 1.29 is 9.59 Å². The Morgan fingerprint density at radius 3 is 2.73 bits per heavy atom. The Morgan fingerprint density at radius 1 is 1.30 bits per heavy atom. The molecule has 0 radical (unpaired) electrons. The summed E-state index contributed by atoms with van der Waals surface area (Å²) < 4.78 is 1.33. The molecule has 0 fully saturated rings. The number of hydrogen-bond acceptors (Lipinski definition) is 5. The van der Waals surface area contributed by atoms with Crippen molar-refractivity contribution >= 4 is 38.9 Å². The lowest BCUT2D eigenvalue weighted by atomic mass is 9.88. The van der Waals surface area contributed by atoms with Gasteiger partial charge in [0.15, 0.2) is 5.69 Å². The predicted octanol–water partition coefficient (Wildman–Crippen LogP) is 3.34. The maximum absolute atomic E-state index is 13.2. The van der Waals surface area contributed by atoms with Gasteiger partial charge in [0.2, 0.25) is 0 Å². The molecule has 1 unspecified atom stereocenters. The van der Waals surface area contributed by atoms with Crippen molar-refractivity contribution in [2.24, 2.45) is 11.7 Å². The first-order valence-electron chi connectivity index (χ1n) is 10.2. The monoisotopic (exact) mass is 424 g/mol. The van der Waals surface area contributed by atoms with Crippen LogP contribution >= 0.6 is 11.3 Å². The molecule has 4 rings (SSSR count). The van der Waals surface area contributed by atoms with Crippen LogP contribution in [0.5, 0.6) is 0 Å². The van der Waals surface area contributed by atoms with Crippen molar-refractivity contribution in [3.63, 3.8) is 0 Å². The van der Waals surface area contributed by atoms with Gasteiger partial charge in [-0.1, -0.05) is 32.0 Å². The molecule has 1 aromatic carbocycles. The summed E-state index contributed by atoms with van der Waals surface area (Å²) in [6.07, 6.45) is 3.36. The van der Waals surface area contributed by atoms with E-state index in [1.807, 2.05) is 6.92 Å². The normalized spacial score (nSPS) is 15.7. The summed E-state index contributed by atoms with van der Waals surface area (Å²) in [6, 6.07) is 6.94. The molecule has 0 saturated carbocycles. The Balaban J connectivity index is 1.79. The molecule has 0 spiro atoms. The summed E-state index contributed by atoms with van der Waals surface area (Å²) in [5.41, 5.74) is 6.96. The first-order valence-corrected chi connectivity index (χ1v) is 11.0. The Morgan fingerprint density at radius 2 is 2.03 bits per heavy atom. The van der Waals surface area contributed by atoms with Crippen molar-refractivity contribution in [1.29, 1.82) is 0 Å². The van der Waals surface area contributed by atoms with Crippen LogP contribution in [0, 0.1) is 5.92 Å². The number of primary amides is 1. The molecular formula is C22H24N4O3S. The molecule has 156 valence electrons. The molecule has 30 heavy (non-hydrogen) atoms. The number of amides is 2. The van der Waals surface area contributed by atoms with Crippen LogP contribution in [0.2, 0.25) is 0 Å². The van der Waals surface area contributed by atoms with E-state index in [-0.39, 0.29) is 11.3 Å². The second-order valence-corrected chi connectivity index (χ2v) is 8.90. The molecule has 2 heterocycles. The SMILES string of the molecule is CCCn1nc(C(=O)Nc2sc3c(c2C(N)=O)CCC(C)C3)c2ccccc2c1=O. The number of nitrogens with zero attached hydrogens (tertiary/aromatic N) is 2. The molecule has 3 N–H and O–H groups in total. The molecule has 7 nitrogen and oxygen atoms in total. The number of carbonyl (C=O) groups excluding carboxylic acids is 2. The first-order chi connectivity index (χ1) is 14.4. The molecule has 0 aliphatic heterocycles. The van der Waals surface area contributed by atoms with Gasteiger partial charge < -0.3 is 11.1 Å². The zero-order valence-corrected chi connectivity index (χ0v) is 17.8. The number of benzene rings is 1. The van der Waals surface area contributed by atoms with E-state index >= 15 is 0 Å². The summed E-state index contributed by atoms with van der Waals surface area (Å²) >= 11 is 1.41. The third kappa shape index (κ3) is 3.52. The topological polar surface area (TPSA) is 107 Å². The second kappa shape index (κ2) is 8.02. The van der Waals surface area contributed by atoms with E-state index in [0.717, 1.165) is 29.7 Å². The molecule has 1 aliphatic carbocycles. The molecule has 3 aromatic rings. The zero-order chi connectivity index (χ0) is 21.4. The zero-order valence-electron chi connectivity index (χ0n) is 17.0. The van der Waals surface area contributed by atoms with E-state index in [2.05, 4.69) is 17.3 Å². The summed E-state index contributed by atoms with van der Waals surface area (Å²) in [5.74, 6) is -0.458. The van der Waals surface area contributed by atoms with E-state index < -0.39 is 11.8 Å². The standard InChI is InChI=1S/C22H24N4O3S/c1-3-10-26-22(29)14-7-5-4-6-13(14)18(25-26)20(28)24-21-17(19(23)27)15-9-8-12(2)11-16(15)30-21/h4-7,12H,3,8-11H2,1-2H3,(H2,23,27)(H,24,28). The maximum Gasteiger partial charge on any atom is 0.277 e. The number of anilines is 1. The van der Waals surface area contributed by atoms with Gasteiger partial charge in [-0.05, 0) is 43.2 Å². The average molecular weight is 425 g/mol. The number of thiophene rings is 1. The van der Waals surface area contributed by atoms with Gasteiger partial charge in [-0.25, -0.2) is 4.68 Å². The van der Waals surface area contributed by atoms with Crippen LogP contribution in [0.25, 0.3) is 10.8 Å². The van der Waals surface area contributed by atoms with Gasteiger partial charge in [-0.2, -0.15) is 5.10 Å². The fourth-order valence-electron chi connectivity index (χ4n) is 4.03. The molecule has 0 saturated heterocycles. The highest BCUT2D eigenvalue weighted by Gasteiger charge is 2.28. The van der Waals surface area contributed by atoms with E-state index in [1.165, 1.54) is 16.0 Å². The minimum absolute atomic E-state index is 0.161. The number of carbonyl (C=O) groups is 2. The van der Waals surface area contributed by atoms with Crippen molar-refractivity contribution in [1.82, 2.24) is 9.78 Å². The third-order valence-electron chi connectivity index (χ3n) is 5.50. The van der Waals surface area contributed by atoms with Crippen LogP contribution in [0.15, 0.2) is 29.1 Å². The Hall–Kier alpha value is -3.00. The predicted molar refractivity (Wildman–Crippen MR) is 118 cm³/mol. The summed E-state index contributed by atoms with van der Waals surface area (Å²) in [7, 11) is 0. The minimum atomic E-state index is -0.536. The minimum Gasteiger partial charge on any atom is -0.365 e. The quantitative estimate of drug-likeness (QED) is 0.655. The molecule has 0 bridgehead atoms. The number of aryl methyl sites for hydroxylation is 1.